The summed E-state index contributed by atoms with van der Waals surface area (Å²) in [7, 11) is 1.75. The number of likely N-dealkylation sites (tertiary alicyclic amines) is 1. The molecular weight excluding hydrogens is 504 g/mol. The molecule has 3 fully saturated rings. The van der Waals surface area contributed by atoms with Gasteiger partial charge in [0.15, 0.2) is 0 Å². The Morgan fingerprint density at radius 2 is 1.93 bits per heavy atom. The molecule has 3 saturated heterocycles. The summed E-state index contributed by atoms with van der Waals surface area (Å²) in [6.45, 7) is 8.89. The number of piperidine rings is 1. The fourth-order valence-electron chi connectivity index (χ4n) is 6.50. The van der Waals surface area contributed by atoms with Crippen LogP contribution in [0, 0.1) is 20.8 Å². The third-order valence-corrected chi connectivity index (χ3v) is 8.87. The lowest BCUT2D eigenvalue weighted by Gasteiger charge is -2.38. The molecule has 0 radical (unpaired) electrons. The number of amides is 1. The standard InChI is InChI=1S/C32H46N4O4/c1-21-7-5-8-24(19-21)29-10-6-9-26(40-29)11-12-27-22(2)31(34-23(3)33-27)32(37)36-16-13-25(14-17-36)35-28-15-18-39-20-30(28)38-4/h5,7-8,19,25-26,28-30,35H,6,9-18,20H2,1-4H3/t26-,28+,29+,30-/m0/s1. The third kappa shape index (κ3) is 7.08. The number of ether oxygens (including phenoxy) is 3. The molecule has 0 spiro atoms. The van der Waals surface area contributed by atoms with E-state index in [0.717, 1.165) is 75.9 Å². The van der Waals surface area contributed by atoms with E-state index in [2.05, 4.69) is 41.5 Å². The van der Waals surface area contributed by atoms with Crippen LogP contribution in [0.1, 0.15) is 89.7 Å². The zero-order chi connectivity index (χ0) is 28.1. The van der Waals surface area contributed by atoms with Gasteiger partial charge in [0, 0.05) is 50.1 Å². The molecule has 1 amide bonds. The zero-order valence-electron chi connectivity index (χ0n) is 24.7. The lowest BCUT2D eigenvalue weighted by molar-refractivity contribution is -0.0547. The Bertz CT molecular complexity index is 1150. The Kier molecular flexibility index (Phi) is 9.84. The summed E-state index contributed by atoms with van der Waals surface area (Å²) in [6.07, 6.45) is 8.26. The van der Waals surface area contributed by atoms with E-state index in [0.29, 0.717) is 30.2 Å². The minimum Gasteiger partial charge on any atom is -0.379 e. The van der Waals surface area contributed by atoms with Crippen LogP contribution in [-0.4, -0.2) is 78.5 Å². The zero-order valence-corrected chi connectivity index (χ0v) is 24.7. The van der Waals surface area contributed by atoms with Gasteiger partial charge in [0.2, 0.25) is 0 Å². The monoisotopic (exact) mass is 550 g/mol. The van der Waals surface area contributed by atoms with Gasteiger partial charge in [-0.15, -0.1) is 0 Å². The fourth-order valence-corrected chi connectivity index (χ4v) is 6.50. The summed E-state index contributed by atoms with van der Waals surface area (Å²) < 4.78 is 17.7. The quantitative estimate of drug-likeness (QED) is 0.512. The van der Waals surface area contributed by atoms with Crippen molar-refractivity contribution in [1.29, 1.82) is 0 Å². The summed E-state index contributed by atoms with van der Waals surface area (Å²) in [5.74, 6) is 0.685. The first kappa shape index (κ1) is 29.1. The SMILES string of the molecule is CO[C@H]1COCC[C@H]1NC1CCN(C(=O)c2nc(C)nc(CC[C@@H]3CCC[C@H](c4cccc(C)c4)O3)c2C)CC1. The molecule has 218 valence electrons. The van der Waals surface area contributed by atoms with Crippen LogP contribution < -0.4 is 5.32 Å². The van der Waals surface area contributed by atoms with E-state index in [1.807, 2.05) is 18.7 Å². The predicted octanol–water partition coefficient (Wildman–Crippen LogP) is 4.64. The minimum absolute atomic E-state index is 0.0250. The summed E-state index contributed by atoms with van der Waals surface area (Å²) in [5, 5.41) is 3.77. The largest absolute Gasteiger partial charge is 0.379 e. The number of carbonyl (C=O) groups excluding carboxylic acids is 1. The molecule has 8 heteroatoms. The van der Waals surface area contributed by atoms with Crippen molar-refractivity contribution in [1.82, 2.24) is 20.2 Å². The van der Waals surface area contributed by atoms with Gasteiger partial charge in [-0.05, 0) is 77.7 Å². The van der Waals surface area contributed by atoms with Crippen LogP contribution in [0.15, 0.2) is 24.3 Å². The Labute approximate surface area is 239 Å². The minimum atomic E-state index is 0.0250. The molecular formula is C32H46N4O4. The lowest BCUT2D eigenvalue weighted by atomic mass is 9.95. The van der Waals surface area contributed by atoms with Crippen LogP contribution >= 0.6 is 0 Å². The second-order valence-corrected chi connectivity index (χ2v) is 11.8. The molecule has 0 bridgehead atoms. The number of aromatic nitrogens is 2. The number of hydrogen-bond donors (Lipinski definition) is 1. The molecule has 0 unspecified atom stereocenters. The van der Waals surface area contributed by atoms with Crippen molar-refractivity contribution >= 4 is 5.91 Å². The van der Waals surface area contributed by atoms with E-state index in [9.17, 15) is 4.79 Å². The first-order valence-electron chi connectivity index (χ1n) is 15.1. The molecule has 0 aliphatic carbocycles. The lowest BCUT2D eigenvalue weighted by Crippen LogP contribution is -2.54. The highest BCUT2D eigenvalue weighted by Gasteiger charge is 2.31. The number of nitrogens with one attached hydrogen (secondary N) is 1. The highest BCUT2D eigenvalue weighted by atomic mass is 16.5. The maximum absolute atomic E-state index is 13.6. The summed E-state index contributed by atoms with van der Waals surface area (Å²) in [5.41, 5.74) is 4.98. The van der Waals surface area contributed by atoms with Crippen LogP contribution in [0.3, 0.4) is 0 Å². The average molecular weight is 551 g/mol. The topological polar surface area (TPSA) is 85.8 Å². The normalized spacial score (nSPS) is 26.1. The van der Waals surface area contributed by atoms with Crippen LogP contribution in [0.2, 0.25) is 0 Å². The van der Waals surface area contributed by atoms with Crippen molar-refractivity contribution in [3.63, 3.8) is 0 Å². The molecule has 3 aliphatic heterocycles. The Hall–Kier alpha value is -2.39. The van der Waals surface area contributed by atoms with Gasteiger partial charge in [0.05, 0.1) is 24.9 Å². The first-order chi connectivity index (χ1) is 19.4. The summed E-state index contributed by atoms with van der Waals surface area (Å²) in [6, 6.07) is 9.35. The second kappa shape index (κ2) is 13.5. The summed E-state index contributed by atoms with van der Waals surface area (Å²) in [4.78, 5) is 24.9. The number of hydrogen-bond acceptors (Lipinski definition) is 7. The van der Waals surface area contributed by atoms with Gasteiger partial charge in [-0.25, -0.2) is 9.97 Å². The van der Waals surface area contributed by atoms with Gasteiger partial charge in [0.1, 0.15) is 11.5 Å². The maximum Gasteiger partial charge on any atom is 0.272 e. The summed E-state index contributed by atoms with van der Waals surface area (Å²) >= 11 is 0. The van der Waals surface area contributed by atoms with Crippen molar-refractivity contribution in [2.45, 2.75) is 103 Å². The van der Waals surface area contributed by atoms with E-state index in [1.54, 1.807) is 7.11 Å². The molecule has 3 aliphatic rings. The van der Waals surface area contributed by atoms with Crippen LogP contribution in [0.5, 0.6) is 0 Å². The van der Waals surface area contributed by atoms with Crippen LogP contribution in [-0.2, 0) is 20.6 Å². The molecule has 4 atom stereocenters. The van der Waals surface area contributed by atoms with E-state index >= 15 is 0 Å². The number of aryl methyl sites for hydroxylation is 3. The fraction of sp³-hybridized carbons (Fsp3) is 0.656. The maximum atomic E-state index is 13.6. The van der Waals surface area contributed by atoms with E-state index in [4.69, 9.17) is 19.2 Å². The van der Waals surface area contributed by atoms with Gasteiger partial charge in [-0.2, -0.15) is 0 Å². The number of rotatable bonds is 8. The number of carbonyl (C=O) groups is 1. The average Bonchev–Trinajstić information content (AvgIpc) is 2.98. The van der Waals surface area contributed by atoms with Crippen LogP contribution in [0.25, 0.3) is 0 Å². The predicted molar refractivity (Wildman–Crippen MR) is 155 cm³/mol. The number of nitrogens with zero attached hydrogens (tertiary/aromatic N) is 3. The number of methoxy groups -OCH3 is 1. The molecule has 40 heavy (non-hydrogen) atoms. The van der Waals surface area contributed by atoms with Crippen molar-refractivity contribution in [3.8, 4) is 0 Å². The van der Waals surface area contributed by atoms with Crippen LogP contribution in [0.4, 0.5) is 0 Å². The van der Waals surface area contributed by atoms with Gasteiger partial charge in [-0.1, -0.05) is 29.8 Å². The second-order valence-electron chi connectivity index (χ2n) is 11.8. The highest BCUT2D eigenvalue weighted by Crippen LogP contribution is 2.33. The smallest absolute Gasteiger partial charge is 0.272 e. The van der Waals surface area contributed by atoms with Crippen molar-refractivity contribution < 1.29 is 19.0 Å². The molecule has 4 heterocycles. The molecule has 0 saturated carbocycles. The Balaban J connectivity index is 1.17. The Morgan fingerprint density at radius 1 is 1.10 bits per heavy atom. The third-order valence-electron chi connectivity index (χ3n) is 8.87. The molecule has 8 nitrogen and oxygen atoms in total. The molecule has 5 rings (SSSR count). The van der Waals surface area contributed by atoms with Gasteiger partial charge in [0.25, 0.3) is 5.91 Å². The molecule has 1 N–H and O–H groups in total. The van der Waals surface area contributed by atoms with Gasteiger partial charge >= 0.3 is 0 Å². The highest BCUT2D eigenvalue weighted by molar-refractivity contribution is 5.94. The number of benzene rings is 1. The molecule has 1 aromatic heterocycles. The molecule has 1 aromatic carbocycles. The first-order valence-corrected chi connectivity index (χ1v) is 15.1. The van der Waals surface area contributed by atoms with Gasteiger partial charge < -0.3 is 24.4 Å². The van der Waals surface area contributed by atoms with Gasteiger partial charge in [-0.3, -0.25) is 4.79 Å². The van der Waals surface area contributed by atoms with E-state index in [-0.39, 0.29) is 24.2 Å². The van der Waals surface area contributed by atoms with E-state index in [1.165, 1.54) is 17.5 Å². The van der Waals surface area contributed by atoms with E-state index < -0.39 is 0 Å². The molecule has 2 aromatic rings. The Morgan fingerprint density at radius 3 is 2.70 bits per heavy atom. The van der Waals surface area contributed by atoms with Crippen molar-refractivity contribution in [3.05, 3.63) is 58.2 Å². The van der Waals surface area contributed by atoms with Crippen molar-refractivity contribution in [2.75, 3.05) is 33.4 Å². The van der Waals surface area contributed by atoms with Crippen molar-refractivity contribution in [2.24, 2.45) is 0 Å².